The molecule has 0 bridgehead atoms. The molecule has 0 aromatic heterocycles. The van der Waals surface area contributed by atoms with Gasteiger partial charge in [-0.2, -0.15) is 0 Å². The quantitative estimate of drug-likeness (QED) is 0.163. The Kier molecular flexibility index (Phi) is 5.17. The van der Waals surface area contributed by atoms with Gasteiger partial charge in [0.1, 0.15) is 5.57 Å². The summed E-state index contributed by atoms with van der Waals surface area (Å²) in [5.41, 5.74) is -2.61. The normalized spacial score (nSPS) is 12.0. The number of hydrogen-bond donors (Lipinski definition) is 0. The number of esters is 1. The monoisotopic (exact) mass is 308 g/mol. The summed E-state index contributed by atoms with van der Waals surface area (Å²) in [5.74, 6) is -12.7. The third-order valence-corrected chi connectivity index (χ3v) is 2.39. The van der Waals surface area contributed by atoms with Gasteiger partial charge in [0.2, 0.25) is 0 Å². The molecule has 0 saturated carbocycles. The molecule has 3 nitrogen and oxygen atoms in total. The van der Waals surface area contributed by atoms with Gasteiger partial charge >= 0.3 is 5.97 Å². The second-order valence-electron chi connectivity index (χ2n) is 3.81. The second kappa shape index (κ2) is 6.47. The van der Waals surface area contributed by atoms with Crippen molar-refractivity contribution >= 4 is 17.6 Å². The fraction of sp³-hybridized carbons (Fsp3) is 0.231. The minimum absolute atomic E-state index is 0.00520. The van der Waals surface area contributed by atoms with Crippen molar-refractivity contribution in [2.24, 2.45) is 0 Å². The minimum Gasteiger partial charge on any atom is -0.462 e. The summed E-state index contributed by atoms with van der Waals surface area (Å²) in [4.78, 5) is 22.7. The molecule has 0 aliphatic heterocycles. The highest BCUT2D eigenvalue weighted by atomic mass is 19.2. The van der Waals surface area contributed by atoms with Crippen LogP contribution in [0.15, 0.2) is 11.6 Å². The van der Waals surface area contributed by atoms with E-state index in [0.29, 0.717) is 0 Å². The van der Waals surface area contributed by atoms with Crippen molar-refractivity contribution in [1.29, 1.82) is 0 Å². The van der Waals surface area contributed by atoms with Crippen LogP contribution < -0.4 is 0 Å². The van der Waals surface area contributed by atoms with E-state index in [1.165, 1.54) is 6.92 Å². The first-order chi connectivity index (χ1) is 9.72. The van der Waals surface area contributed by atoms with Crippen LogP contribution in [0.3, 0.4) is 0 Å². The first-order valence-corrected chi connectivity index (χ1v) is 5.63. The molecule has 8 heteroatoms. The van der Waals surface area contributed by atoms with Gasteiger partial charge in [-0.15, -0.1) is 0 Å². The van der Waals surface area contributed by atoms with Crippen LogP contribution in [0.2, 0.25) is 0 Å². The van der Waals surface area contributed by atoms with Crippen molar-refractivity contribution in [2.75, 3.05) is 6.61 Å². The number of halogens is 5. The SMILES string of the molecule is CCOC(=O)C(C(C)=O)=C(F)c1cc(F)c(F)c(F)c1F. The second-order valence-corrected chi connectivity index (χ2v) is 3.81. The minimum atomic E-state index is -2.26. The number of hydrogen-bond acceptors (Lipinski definition) is 3. The van der Waals surface area contributed by atoms with Gasteiger partial charge in [0.25, 0.3) is 0 Å². The van der Waals surface area contributed by atoms with E-state index in [2.05, 4.69) is 4.74 Å². The Morgan fingerprint density at radius 1 is 1.10 bits per heavy atom. The van der Waals surface area contributed by atoms with Gasteiger partial charge in [-0.1, -0.05) is 0 Å². The van der Waals surface area contributed by atoms with E-state index in [4.69, 9.17) is 0 Å². The summed E-state index contributed by atoms with van der Waals surface area (Å²) < 4.78 is 70.7. The third kappa shape index (κ3) is 3.26. The zero-order valence-corrected chi connectivity index (χ0v) is 10.9. The van der Waals surface area contributed by atoms with Crippen LogP contribution in [-0.4, -0.2) is 18.4 Å². The van der Waals surface area contributed by atoms with E-state index in [1.807, 2.05) is 0 Å². The molecule has 0 heterocycles. The number of Topliss-reactive ketones (excluding diaryl/α,β-unsaturated/α-hetero) is 1. The molecule has 0 aliphatic carbocycles. The fourth-order valence-electron chi connectivity index (χ4n) is 1.46. The van der Waals surface area contributed by atoms with Crippen LogP contribution in [0.4, 0.5) is 22.0 Å². The maximum atomic E-state index is 14.0. The van der Waals surface area contributed by atoms with Crippen LogP contribution in [0.5, 0.6) is 0 Å². The molecule has 0 N–H and O–H groups in total. The van der Waals surface area contributed by atoms with Crippen molar-refractivity contribution in [3.63, 3.8) is 0 Å². The highest BCUT2D eigenvalue weighted by Gasteiger charge is 2.28. The molecule has 0 saturated heterocycles. The zero-order valence-electron chi connectivity index (χ0n) is 10.9. The Morgan fingerprint density at radius 2 is 1.67 bits per heavy atom. The van der Waals surface area contributed by atoms with Crippen molar-refractivity contribution in [3.8, 4) is 0 Å². The Balaban J connectivity index is 3.59. The Labute approximate surface area is 116 Å². The predicted molar refractivity (Wildman–Crippen MR) is 61.6 cm³/mol. The molecule has 0 unspecified atom stereocenters. The number of carbonyl (C=O) groups is 2. The molecule has 0 amide bonds. The van der Waals surface area contributed by atoms with E-state index >= 15 is 0 Å². The molecule has 1 rings (SSSR count). The summed E-state index contributed by atoms with van der Waals surface area (Å²) in [6.45, 7) is 1.93. The third-order valence-electron chi connectivity index (χ3n) is 2.39. The zero-order chi connectivity index (χ0) is 16.3. The van der Waals surface area contributed by atoms with Crippen LogP contribution in [0, 0.1) is 23.3 Å². The molecule has 1 aromatic rings. The molecule has 0 atom stereocenters. The van der Waals surface area contributed by atoms with Gasteiger partial charge in [-0.25, -0.2) is 26.7 Å². The number of benzene rings is 1. The van der Waals surface area contributed by atoms with E-state index < -0.39 is 52.0 Å². The van der Waals surface area contributed by atoms with Gasteiger partial charge in [-0.05, 0) is 19.9 Å². The van der Waals surface area contributed by atoms with Gasteiger partial charge in [0.05, 0.1) is 12.2 Å². The number of ketones is 1. The lowest BCUT2D eigenvalue weighted by Gasteiger charge is -2.08. The van der Waals surface area contributed by atoms with Crippen LogP contribution in [0.25, 0.3) is 5.83 Å². The average Bonchev–Trinajstić information content (AvgIpc) is 2.40. The molecule has 1 aromatic carbocycles. The predicted octanol–water partition coefficient (Wildman–Crippen LogP) is 3.08. The van der Waals surface area contributed by atoms with E-state index in [1.54, 1.807) is 0 Å². The largest absolute Gasteiger partial charge is 0.462 e. The van der Waals surface area contributed by atoms with Gasteiger partial charge in [0, 0.05) is 0 Å². The van der Waals surface area contributed by atoms with E-state index in [9.17, 15) is 31.5 Å². The highest BCUT2D eigenvalue weighted by Crippen LogP contribution is 2.28. The molecular formula is C13H9F5O3. The first kappa shape index (κ1) is 16.8. The Hall–Kier alpha value is -2.25. The van der Waals surface area contributed by atoms with Gasteiger partial charge in [-0.3, -0.25) is 4.79 Å². The summed E-state index contributed by atoms with van der Waals surface area (Å²) >= 11 is 0. The van der Waals surface area contributed by atoms with Crippen molar-refractivity contribution in [2.45, 2.75) is 13.8 Å². The molecule has 0 fully saturated rings. The smallest absolute Gasteiger partial charge is 0.344 e. The van der Waals surface area contributed by atoms with Crippen molar-refractivity contribution in [1.82, 2.24) is 0 Å². The number of ether oxygens (including phenoxy) is 1. The maximum absolute atomic E-state index is 14.0. The molecule has 0 aliphatic rings. The molecule has 114 valence electrons. The Bertz CT molecular complexity index is 637. The van der Waals surface area contributed by atoms with Crippen LogP contribution in [0.1, 0.15) is 19.4 Å². The van der Waals surface area contributed by atoms with Crippen molar-refractivity contribution in [3.05, 3.63) is 40.5 Å². The van der Waals surface area contributed by atoms with Crippen molar-refractivity contribution < 1.29 is 36.3 Å². The maximum Gasteiger partial charge on any atom is 0.344 e. The summed E-state index contributed by atoms with van der Waals surface area (Å²) in [7, 11) is 0. The lowest BCUT2D eigenvalue weighted by atomic mass is 10.1. The Morgan fingerprint density at radius 3 is 2.14 bits per heavy atom. The molecular weight excluding hydrogens is 299 g/mol. The summed E-state index contributed by atoms with van der Waals surface area (Å²) in [6.07, 6.45) is 0. The van der Waals surface area contributed by atoms with E-state index in [-0.39, 0.29) is 12.7 Å². The first-order valence-electron chi connectivity index (χ1n) is 5.63. The standard InChI is InChI=1S/C13H9F5O3/c1-3-21-13(20)8(5(2)19)9(15)6-4-7(14)11(17)12(18)10(6)16/h4H,3H2,1-2H3. The highest BCUT2D eigenvalue weighted by molar-refractivity contribution is 6.21. The van der Waals surface area contributed by atoms with E-state index in [0.717, 1.165) is 6.92 Å². The van der Waals surface area contributed by atoms with Gasteiger partial charge < -0.3 is 4.74 Å². The number of rotatable bonds is 4. The topological polar surface area (TPSA) is 43.4 Å². The van der Waals surface area contributed by atoms with Crippen LogP contribution >= 0.6 is 0 Å². The van der Waals surface area contributed by atoms with Crippen LogP contribution in [-0.2, 0) is 14.3 Å². The molecule has 21 heavy (non-hydrogen) atoms. The molecule has 0 radical (unpaired) electrons. The molecule has 0 spiro atoms. The lowest BCUT2D eigenvalue weighted by molar-refractivity contribution is -0.139. The fourth-order valence-corrected chi connectivity index (χ4v) is 1.46. The number of carbonyl (C=O) groups excluding carboxylic acids is 2. The lowest BCUT2D eigenvalue weighted by Crippen LogP contribution is -2.15. The average molecular weight is 308 g/mol. The summed E-state index contributed by atoms with van der Waals surface area (Å²) in [6, 6.07) is 0.00520. The summed E-state index contributed by atoms with van der Waals surface area (Å²) in [5, 5.41) is 0. The van der Waals surface area contributed by atoms with Gasteiger partial charge in [0.15, 0.2) is 34.9 Å².